The van der Waals surface area contributed by atoms with Crippen molar-refractivity contribution in [1.82, 2.24) is 15.0 Å². The van der Waals surface area contributed by atoms with E-state index in [2.05, 4.69) is 35.8 Å². The highest BCUT2D eigenvalue weighted by atomic mass is 16.5. The van der Waals surface area contributed by atoms with Crippen molar-refractivity contribution < 1.29 is 4.52 Å². The van der Waals surface area contributed by atoms with Crippen molar-refractivity contribution in [2.75, 3.05) is 6.54 Å². The molecule has 0 radical (unpaired) electrons. The van der Waals surface area contributed by atoms with Gasteiger partial charge in [-0.3, -0.25) is 4.90 Å². The SMILES string of the molecule is CC(C)c1nc(CN2CCCCC2C(C)N)no1. The summed E-state index contributed by atoms with van der Waals surface area (Å²) in [5, 5.41) is 4.06. The van der Waals surface area contributed by atoms with Gasteiger partial charge < -0.3 is 10.3 Å². The van der Waals surface area contributed by atoms with Gasteiger partial charge in [0.25, 0.3) is 0 Å². The van der Waals surface area contributed by atoms with E-state index in [1.165, 1.54) is 19.3 Å². The molecule has 18 heavy (non-hydrogen) atoms. The molecule has 0 bridgehead atoms. The molecule has 2 unspecified atom stereocenters. The molecule has 1 aromatic rings. The first-order valence-electron chi connectivity index (χ1n) is 6.90. The molecule has 2 rings (SSSR count). The lowest BCUT2D eigenvalue weighted by molar-refractivity contribution is 0.118. The average Bonchev–Trinajstić information content (AvgIpc) is 2.78. The largest absolute Gasteiger partial charge is 0.339 e. The molecule has 2 heterocycles. The lowest BCUT2D eigenvalue weighted by Crippen LogP contribution is -2.48. The molecule has 2 N–H and O–H groups in total. The first-order valence-corrected chi connectivity index (χ1v) is 6.90. The first-order chi connectivity index (χ1) is 8.58. The minimum Gasteiger partial charge on any atom is -0.339 e. The van der Waals surface area contributed by atoms with Gasteiger partial charge in [0.2, 0.25) is 5.89 Å². The molecule has 2 atom stereocenters. The number of nitrogens with two attached hydrogens (primary N) is 1. The Bertz CT molecular complexity index is 375. The fraction of sp³-hybridized carbons (Fsp3) is 0.846. The zero-order valence-electron chi connectivity index (χ0n) is 11.6. The second kappa shape index (κ2) is 5.80. The predicted molar refractivity (Wildman–Crippen MR) is 70.1 cm³/mol. The minimum absolute atomic E-state index is 0.196. The molecular weight excluding hydrogens is 228 g/mol. The number of likely N-dealkylation sites (tertiary alicyclic amines) is 1. The summed E-state index contributed by atoms with van der Waals surface area (Å²) in [6.45, 7) is 8.03. The van der Waals surface area contributed by atoms with Gasteiger partial charge in [-0.1, -0.05) is 25.4 Å². The van der Waals surface area contributed by atoms with Gasteiger partial charge >= 0.3 is 0 Å². The number of rotatable bonds is 4. The topological polar surface area (TPSA) is 68.2 Å². The Hall–Kier alpha value is -0.940. The number of hydrogen-bond acceptors (Lipinski definition) is 5. The van der Waals surface area contributed by atoms with Gasteiger partial charge in [-0.15, -0.1) is 0 Å². The summed E-state index contributed by atoms with van der Waals surface area (Å²) in [7, 11) is 0. The molecule has 0 spiro atoms. The minimum atomic E-state index is 0.196. The fourth-order valence-electron chi connectivity index (χ4n) is 2.56. The van der Waals surface area contributed by atoms with Gasteiger partial charge in [0.15, 0.2) is 5.82 Å². The Morgan fingerprint density at radius 3 is 2.78 bits per heavy atom. The third kappa shape index (κ3) is 3.09. The van der Waals surface area contributed by atoms with Gasteiger partial charge in [-0.2, -0.15) is 4.98 Å². The lowest BCUT2D eigenvalue weighted by atomic mass is 9.97. The van der Waals surface area contributed by atoms with Crippen LogP contribution in [-0.4, -0.2) is 33.7 Å². The van der Waals surface area contributed by atoms with E-state index in [1.807, 2.05) is 0 Å². The molecule has 1 fully saturated rings. The van der Waals surface area contributed by atoms with Gasteiger partial charge in [0, 0.05) is 18.0 Å². The van der Waals surface area contributed by atoms with Crippen LogP contribution in [0.15, 0.2) is 4.52 Å². The third-order valence-electron chi connectivity index (χ3n) is 3.59. The van der Waals surface area contributed by atoms with Crippen molar-refractivity contribution in [3.63, 3.8) is 0 Å². The van der Waals surface area contributed by atoms with E-state index >= 15 is 0 Å². The van der Waals surface area contributed by atoms with Crippen LogP contribution in [0.1, 0.15) is 57.7 Å². The summed E-state index contributed by atoms with van der Waals surface area (Å²) in [4.78, 5) is 6.83. The standard InChI is InChI=1S/C13H24N4O/c1-9(2)13-15-12(16-18-13)8-17-7-5-4-6-11(17)10(3)14/h9-11H,4-8,14H2,1-3H3. The molecule has 1 aromatic heterocycles. The number of piperidine rings is 1. The second-order valence-electron chi connectivity index (χ2n) is 5.60. The maximum Gasteiger partial charge on any atom is 0.229 e. The molecule has 0 amide bonds. The Kier molecular flexibility index (Phi) is 4.35. The van der Waals surface area contributed by atoms with Crippen molar-refractivity contribution in [1.29, 1.82) is 0 Å². The van der Waals surface area contributed by atoms with Crippen LogP contribution in [0.3, 0.4) is 0 Å². The smallest absolute Gasteiger partial charge is 0.229 e. The van der Waals surface area contributed by atoms with Crippen LogP contribution in [0.2, 0.25) is 0 Å². The summed E-state index contributed by atoms with van der Waals surface area (Å²) in [6, 6.07) is 0.640. The quantitative estimate of drug-likeness (QED) is 0.886. The van der Waals surface area contributed by atoms with Crippen LogP contribution in [0.25, 0.3) is 0 Å². The van der Waals surface area contributed by atoms with Crippen molar-refractivity contribution in [2.24, 2.45) is 5.73 Å². The van der Waals surface area contributed by atoms with E-state index in [1.54, 1.807) is 0 Å². The van der Waals surface area contributed by atoms with Crippen LogP contribution >= 0.6 is 0 Å². The summed E-state index contributed by atoms with van der Waals surface area (Å²) >= 11 is 0. The monoisotopic (exact) mass is 252 g/mol. The van der Waals surface area contributed by atoms with Crippen molar-refractivity contribution in [3.8, 4) is 0 Å². The number of nitrogens with zero attached hydrogens (tertiary/aromatic N) is 3. The zero-order valence-corrected chi connectivity index (χ0v) is 11.6. The van der Waals surface area contributed by atoms with Crippen molar-refractivity contribution in [2.45, 2.75) is 64.6 Å². The summed E-state index contributed by atoms with van der Waals surface area (Å²) in [5.74, 6) is 1.79. The van der Waals surface area contributed by atoms with Crippen LogP contribution in [0.5, 0.6) is 0 Å². The third-order valence-corrected chi connectivity index (χ3v) is 3.59. The molecule has 5 nitrogen and oxygen atoms in total. The van der Waals surface area contributed by atoms with E-state index in [9.17, 15) is 0 Å². The van der Waals surface area contributed by atoms with Crippen molar-refractivity contribution in [3.05, 3.63) is 11.7 Å². The predicted octanol–water partition coefficient (Wildman–Crippen LogP) is 1.89. The van der Waals surface area contributed by atoms with Crippen molar-refractivity contribution >= 4 is 0 Å². The van der Waals surface area contributed by atoms with Gasteiger partial charge in [0.05, 0.1) is 6.54 Å². The molecule has 0 saturated carbocycles. The summed E-state index contributed by atoms with van der Waals surface area (Å²) in [6.07, 6.45) is 3.68. The average molecular weight is 252 g/mol. The normalized spacial score (nSPS) is 23.5. The van der Waals surface area contributed by atoms with Crippen LogP contribution in [0.4, 0.5) is 0 Å². The zero-order chi connectivity index (χ0) is 13.1. The number of hydrogen-bond donors (Lipinski definition) is 1. The number of aromatic nitrogens is 2. The Balaban J connectivity index is 2.01. The fourth-order valence-corrected chi connectivity index (χ4v) is 2.56. The van der Waals surface area contributed by atoms with E-state index in [0.29, 0.717) is 6.04 Å². The van der Waals surface area contributed by atoms with E-state index in [0.717, 1.165) is 24.8 Å². The molecule has 1 aliphatic heterocycles. The highest BCUT2D eigenvalue weighted by Crippen LogP contribution is 2.21. The maximum absolute atomic E-state index is 6.06. The van der Waals surface area contributed by atoms with Gasteiger partial charge in [0.1, 0.15) is 0 Å². The molecule has 0 aliphatic carbocycles. The molecule has 1 saturated heterocycles. The lowest BCUT2D eigenvalue weighted by Gasteiger charge is -2.37. The van der Waals surface area contributed by atoms with E-state index in [4.69, 9.17) is 10.3 Å². The van der Waals surface area contributed by atoms with Gasteiger partial charge in [-0.05, 0) is 26.3 Å². The van der Waals surface area contributed by atoms with Crippen LogP contribution < -0.4 is 5.73 Å². The maximum atomic E-state index is 6.06. The highest BCUT2D eigenvalue weighted by molar-refractivity contribution is 4.93. The molecule has 1 aliphatic rings. The highest BCUT2D eigenvalue weighted by Gasteiger charge is 2.26. The molecule has 102 valence electrons. The Morgan fingerprint density at radius 1 is 1.39 bits per heavy atom. The summed E-state index contributed by atoms with van der Waals surface area (Å²) in [5.41, 5.74) is 6.06. The molecule has 0 aromatic carbocycles. The second-order valence-corrected chi connectivity index (χ2v) is 5.60. The van der Waals surface area contributed by atoms with Crippen LogP contribution in [-0.2, 0) is 6.54 Å². The van der Waals surface area contributed by atoms with Gasteiger partial charge in [-0.25, -0.2) is 0 Å². The Morgan fingerprint density at radius 2 is 2.17 bits per heavy atom. The molecule has 5 heteroatoms. The van der Waals surface area contributed by atoms with Crippen LogP contribution in [0, 0.1) is 0 Å². The van der Waals surface area contributed by atoms with E-state index in [-0.39, 0.29) is 12.0 Å². The summed E-state index contributed by atoms with van der Waals surface area (Å²) < 4.78 is 5.24. The van der Waals surface area contributed by atoms with E-state index < -0.39 is 0 Å². The Labute approximate surface area is 109 Å². The first kappa shape index (κ1) is 13.5. The molecular formula is C13H24N4O.